The van der Waals surface area contributed by atoms with E-state index in [4.69, 9.17) is 17.3 Å². The lowest BCUT2D eigenvalue weighted by Crippen LogP contribution is -2.23. The van der Waals surface area contributed by atoms with Gasteiger partial charge in [0.1, 0.15) is 0 Å². The predicted octanol–water partition coefficient (Wildman–Crippen LogP) is 2.32. The number of thiophene rings is 1. The minimum absolute atomic E-state index is 0.0182. The quantitative estimate of drug-likeness (QED) is 0.766. The Morgan fingerprint density at radius 3 is 2.65 bits per heavy atom. The maximum absolute atomic E-state index is 11.0. The van der Waals surface area contributed by atoms with Crippen LogP contribution < -0.4 is 11.1 Å². The molecule has 0 aliphatic rings. The molecule has 0 saturated heterocycles. The van der Waals surface area contributed by atoms with Crippen LogP contribution in [0.4, 0.5) is 0 Å². The number of hydrogen-bond donors (Lipinski definition) is 3. The van der Waals surface area contributed by atoms with Gasteiger partial charge in [-0.2, -0.15) is 0 Å². The zero-order valence-corrected chi connectivity index (χ0v) is 12.2. The standard InChI is InChI=1S/C14H15ClN2O2S/c15-11-3-1-9(2-4-11)13(7-18)17-6-12-5-10(8-20-12)14(16)19/h1-5,8,13,17-18H,6-7H2,(H2,16,19). The van der Waals surface area contributed by atoms with Gasteiger partial charge < -0.3 is 16.2 Å². The van der Waals surface area contributed by atoms with Crippen LogP contribution in [0.15, 0.2) is 35.7 Å². The number of rotatable bonds is 6. The summed E-state index contributed by atoms with van der Waals surface area (Å²) in [5, 5.41) is 15.1. The minimum atomic E-state index is -0.427. The predicted molar refractivity (Wildman–Crippen MR) is 81.0 cm³/mol. The van der Waals surface area contributed by atoms with Crippen molar-refractivity contribution in [2.45, 2.75) is 12.6 Å². The summed E-state index contributed by atoms with van der Waals surface area (Å²) >= 11 is 7.30. The second kappa shape index (κ2) is 6.85. The van der Waals surface area contributed by atoms with E-state index in [0.29, 0.717) is 17.1 Å². The Morgan fingerprint density at radius 1 is 1.40 bits per heavy atom. The van der Waals surface area contributed by atoms with Crippen LogP contribution >= 0.6 is 22.9 Å². The van der Waals surface area contributed by atoms with Crippen molar-refractivity contribution in [3.8, 4) is 0 Å². The highest BCUT2D eigenvalue weighted by molar-refractivity contribution is 7.10. The number of carbonyl (C=O) groups is 1. The van der Waals surface area contributed by atoms with Crippen molar-refractivity contribution in [2.24, 2.45) is 5.73 Å². The largest absolute Gasteiger partial charge is 0.394 e. The SMILES string of the molecule is NC(=O)c1csc(CNC(CO)c2ccc(Cl)cc2)c1. The molecule has 1 unspecified atom stereocenters. The van der Waals surface area contributed by atoms with Gasteiger partial charge in [0.05, 0.1) is 18.2 Å². The fourth-order valence-electron chi connectivity index (χ4n) is 1.81. The third-order valence-corrected chi connectivity index (χ3v) is 4.10. The lowest BCUT2D eigenvalue weighted by Gasteiger charge is -2.16. The first-order chi connectivity index (χ1) is 9.60. The van der Waals surface area contributed by atoms with Crippen LogP contribution in [-0.2, 0) is 6.54 Å². The third kappa shape index (κ3) is 3.80. The molecule has 2 aromatic rings. The fourth-order valence-corrected chi connectivity index (χ4v) is 2.76. The second-order valence-electron chi connectivity index (χ2n) is 4.33. The first-order valence-electron chi connectivity index (χ1n) is 6.07. The molecule has 2 rings (SSSR count). The Kier molecular flexibility index (Phi) is 5.14. The summed E-state index contributed by atoms with van der Waals surface area (Å²) in [6.07, 6.45) is 0. The molecule has 1 amide bonds. The Bertz CT molecular complexity index is 583. The molecular formula is C14H15ClN2O2S. The van der Waals surface area contributed by atoms with Crippen LogP contribution in [0.1, 0.15) is 26.8 Å². The van der Waals surface area contributed by atoms with Crippen LogP contribution in [0.2, 0.25) is 5.02 Å². The number of primary amides is 1. The molecule has 0 bridgehead atoms. The topological polar surface area (TPSA) is 75.4 Å². The molecule has 4 nitrogen and oxygen atoms in total. The number of aliphatic hydroxyl groups is 1. The molecule has 1 aromatic heterocycles. The number of benzene rings is 1. The Labute approximate surface area is 126 Å². The van der Waals surface area contributed by atoms with Crippen molar-refractivity contribution in [3.63, 3.8) is 0 Å². The van der Waals surface area contributed by atoms with Gasteiger partial charge in [-0.15, -0.1) is 11.3 Å². The molecule has 0 aliphatic carbocycles. The van der Waals surface area contributed by atoms with Gasteiger partial charge in [0.25, 0.3) is 0 Å². The van der Waals surface area contributed by atoms with Gasteiger partial charge in [-0.3, -0.25) is 4.79 Å². The highest BCUT2D eigenvalue weighted by Gasteiger charge is 2.11. The van der Waals surface area contributed by atoms with Crippen LogP contribution in [0.25, 0.3) is 0 Å². The molecule has 0 spiro atoms. The molecular weight excluding hydrogens is 296 g/mol. The van der Waals surface area contributed by atoms with Crippen LogP contribution in [0.3, 0.4) is 0 Å². The molecule has 4 N–H and O–H groups in total. The number of hydrogen-bond acceptors (Lipinski definition) is 4. The average molecular weight is 311 g/mol. The van der Waals surface area contributed by atoms with E-state index in [1.54, 1.807) is 23.6 Å². The van der Waals surface area contributed by atoms with Crippen molar-refractivity contribution >= 4 is 28.8 Å². The maximum atomic E-state index is 11.0. The van der Waals surface area contributed by atoms with Crippen molar-refractivity contribution < 1.29 is 9.90 Å². The second-order valence-corrected chi connectivity index (χ2v) is 5.77. The normalized spacial score (nSPS) is 12.3. The van der Waals surface area contributed by atoms with Crippen molar-refractivity contribution in [1.82, 2.24) is 5.32 Å². The summed E-state index contributed by atoms with van der Waals surface area (Å²) in [4.78, 5) is 12.0. The van der Waals surface area contributed by atoms with Crippen LogP contribution in [-0.4, -0.2) is 17.6 Å². The van der Waals surface area contributed by atoms with Crippen molar-refractivity contribution in [3.05, 3.63) is 56.7 Å². The monoisotopic (exact) mass is 310 g/mol. The summed E-state index contributed by atoms with van der Waals surface area (Å²) in [6.45, 7) is 0.543. The van der Waals surface area contributed by atoms with Gasteiger partial charge >= 0.3 is 0 Å². The first kappa shape index (κ1) is 15.0. The third-order valence-electron chi connectivity index (χ3n) is 2.92. The van der Waals surface area contributed by atoms with Gasteiger partial charge in [-0.25, -0.2) is 0 Å². The van der Waals surface area contributed by atoms with E-state index in [1.165, 1.54) is 11.3 Å². The van der Waals surface area contributed by atoms with Crippen LogP contribution in [0.5, 0.6) is 0 Å². The zero-order chi connectivity index (χ0) is 14.5. The fraction of sp³-hybridized carbons (Fsp3) is 0.214. The van der Waals surface area contributed by atoms with Gasteiger partial charge in [0, 0.05) is 21.8 Å². The molecule has 0 fully saturated rings. The summed E-state index contributed by atoms with van der Waals surface area (Å²) < 4.78 is 0. The van der Waals surface area contributed by atoms with Crippen molar-refractivity contribution in [1.29, 1.82) is 0 Å². The molecule has 20 heavy (non-hydrogen) atoms. The van der Waals surface area contributed by atoms with E-state index in [2.05, 4.69) is 5.32 Å². The van der Waals surface area contributed by atoms with E-state index in [9.17, 15) is 9.90 Å². The summed E-state index contributed by atoms with van der Waals surface area (Å²) in [5.74, 6) is -0.427. The molecule has 106 valence electrons. The summed E-state index contributed by atoms with van der Waals surface area (Å²) in [5.41, 5.74) is 6.68. The van der Waals surface area contributed by atoms with E-state index in [1.807, 2.05) is 12.1 Å². The molecule has 6 heteroatoms. The van der Waals surface area contributed by atoms with Gasteiger partial charge in [-0.05, 0) is 23.8 Å². The molecule has 0 saturated carbocycles. The van der Waals surface area contributed by atoms with Gasteiger partial charge in [-0.1, -0.05) is 23.7 Å². The summed E-state index contributed by atoms with van der Waals surface area (Å²) in [7, 11) is 0. The Morgan fingerprint density at radius 2 is 2.10 bits per heavy atom. The van der Waals surface area contributed by atoms with Gasteiger partial charge in [0.15, 0.2) is 0 Å². The van der Waals surface area contributed by atoms with E-state index >= 15 is 0 Å². The first-order valence-corrected chi connectivity index (χ1v) is 7.33. The van der Waals surface area contributed by atoms with Crippen LogP contribution in [0, 0.1) is 0 Å². The van der Waals surface area contributed by atoms with E-state index in [-0.39, 0.29) is 12.6 Å². The zero-order valence-electron chi connectivity index (χ0n) is 10.7. The lowest BCUT2D eigenvalue weighted by atomic mass is 10.1. The average Bonchev–Trinajstić information content (AvgIpc) is 2.90. The number of nitrogens with one attached hydrogen (secondary N) is 1. The minimum Gasteiger partial charge on any atom is -0.394 e. The molecule has 0 aliphatic heterocycles. The smallest absolute Gasteiger partial charge is 0.249 e. The number of amides is 1. The molecule has 1 atom stereocenters. The van der Waals surface area contributed by atoms with E-state index < -0.39 is 5.91 Å². The van der Waals surface area contributed by atoms with E-state index in [0.717, 1.165) is 10.4 Å². The number of carbonyl (C=O) groups excluding carboxylic acids is 1. The number of aliphatic hydroxyl groups excluding tert-OH is 1. The van der Waals surface area contributed by atoms with Gasteiger partial charge in [0.2, 0.25) is 5.91 Å². The molecule has 0 radical (unpaired) electrons. The Balaban J connectivity index is 1.99. The highest BCUT2D eigenvalue weighted by atomic mass is 35.5. The molecule has 1 aromatic carbocycles. The maximum Gasteiger partial charge on any atom is 0.249 e. The number of halogens is 1. The molecule has 1 heterocycles. The lowest BCUT2D eigenvalue weighted by molar-refractivity contribution is 0.100. The summed E-state index contributed by atoms with van der Waals surface area (Å²) in [6, 6.07) is 8.91. The highest BCUT2D eigenvalue weighted by Crippen LogP contribution is 2.19. The van der Waals surface area contributed by atoms with Crippen molar-refractivity contribution in [2.75, 3.05) is 6.61 Å². The number of nitrogens with two attached hydrogens (primary N) is 1. The Hall–Kier alpha value is -1.40.